The van der Waals surface area contributed by atoms with Gasteiger partial charge in [-0.15, -0.1) is 0 Å². The number of aromatic amines is 1. The molecule has 5 nitrogen and oxygen atoms in total. The standard InChI is InChI=1S/C10H17N3O2/c1-6(5-14)4-11-10(15)9-7(2)12-13-8(9)3/h6,14H,4-5H2,1-3H3,(H,11,15)(H,12,13). The maximum absolute atomic E-state index is 11.7. The van der Waals surface area contributed by atoms with Gasteiger partial charge in [0.2, 0.25) is 0 Å². The fraction of sp³-hybridized carbons (Fsp3) is 0.600. The molecule has 1 amide bonds. The molecule has 1 atom stereocenters. The normalized spacial score (nSPS) is 12.5. The van der Waals surface area contributed by atoms with E-state index in [1.807, 2.05) is 13.8 Å². The summed E-state index contributed by atoms with van der Waals surface area (Å²) in [7, 11) is 0. The second-order valence-electron chi connectivity index (χ2n) is 3.81. The number of carbonyl (C=O) groups excluding carboxylic acids is 1. The molecule has 1 aromatic heterocycles. The van der Waals surface area contributed by atoms with Crippen LogP contribution in [0.3, 0.4) is 0 Å². The van der Waals surface area contributed by atoms with Gasteiger partial charge in [-0.1, -0.05) is 6.92 Å². The summed E-state index contributed by atoms with van der Waals surface area (Å²) in [5.41, 5.74) is 2.06. The van der Waals surface area contributed by atoms with E-state index >= 15 is 0 Å². The molecule has 1 aromatic rings. The summed E-state index contributed by atoms with van der Waals surface area (Å²) >= 11 is 0. The molecule has 0 aliphatic heterocycles. The molecule has 0 fully saturated rings. The van der Waals surface area contributed by atoms with Crippen LogP contribution in [0.1, 0.15) is 28.7 Å². The number of nitrogens with zero attached hydrogens (tertiary/aromatic N) is 1. The van der Waals surface area contributed by atoms with E-state index in [0.717, 1.165) is 5.69 Å². The number of aryl methyl sites for hydroxylation is 2. The van der Waals surface area contributed by atoms with Gasteiger partial charge in [0.15, 0.2) is 0 Å². The zero-order valence-electron chi connectivity index (χ0n) is 9.29. The molecule has 0 aliphatic carbocycles. The van der Waals surface area contributed by atoms with Gasteiger partial charge >= 0.3 is 0 Å². The summed E-state index contributed by atoms with van der Waals surface area (Å²) in [5, 5.41) is 18.3. The van der Waals surface area contributed by atoms with Crippen molar-refractivity contribution in [1.82, 2.24) is 15.5 Å². The molecule has 15 heavy (non-hydrogen) atoms. The molecule has 0 saturated heterocycles. The third-order valence-electron chi connectivity index (χ3n) is 2.28. The first-order valence-corrected chi connectivity index (χ1v) is 4.96. The van der Waals surface area contributed by atoms with Gasteiger partial charge in [0.05, 0.1) is 11.3 Å². The molecule has 84 valence electrons. The van der Waals surface area contributed by atoms with Crippen molar-refractivity contribution >= 4 is 5.91 Å². The van der Waals surface area contributed by atoms with Crippen LogP contribution in [0.5, 0.6) is 0 Å². The molecule has 0 radical (unpaired) electrons. The first kappa shape index (κ1) is 11.7. The summed E-state index contributed by atoms with van der Waals surface area (Å²) < 4.78 is 0. The van der Waals surface area contributed by atoms with E-state index in [0.29, 0.717) is 17.8 Å². The van der Waals surface area contributed by atoms with Gasteiger partial charge in [-0.2, -0.15) is 5.10 Å². The maximum atomic E-state index is 11.7. The van der Waals surface area contributed by atoms with Gasteiger partial charge in [0.1, 0.15) is 0 Å². The van der Waals surface area contributed by atoms with E-state index in [9.17, 15) is 4.79 Å². The number of hydrogen-bond donors (Lipinski definition) is 3. The summed E-state index contributed by atoms with van der Waals surface area (Å²) in [4.78, 5) is 11.7. The number of nitrogens with one attached hydrogen (secondary N) is 2. The Bertz CT molecular complexity index is 327. The molecule has 0 aromatic carbocycles. The van der Waals surface area contributed by atoms with E-state index in [1.54, 1.807) is 6.92 Å². The number of aliphatic hydroxyl groups excluding tert-OH is 1. The molecule has 0 saturated carbocycles. The van der Waals surface area contributed by atoms with E-state index in [2.05, 4.69) is 15.5 Å². The fourth-order valence-electron chi connectivity index (χ4n) is 1.31. The Labute approximate surface area is 88.9 Å². The van der Waals surface area contributed by atoms with Gasteiger partial charge in [-0.25, -0.2) is 0 Å². The monoisotopic (exact) mass is 211 g/mol. The Balaban J connectivity index is 2.62. The number of H-pyrrole nitrogens is 1. The van der Waals surface area contributed by atoms with Crippen molar-refractivity contribution in [2.24, 2.45) is 5.92 Å². The van der Waals surface area contributed by atoms with Crippen molar-refractivity contribution in [2.45, 2.75) is 20.8 Å². The number of amides is 1. The molecule has 1 heterocycles. The summed E-state index contributed by atoms with van der Waals surface area (Å²) in [5.74, 6) is -0.0690. The van der Waals surface area contributed by atoms with Crippen molar-refractivity contribution in [3.8, 4) is 0 Å². The molecule has 5 heteroatoms. The second kappa shape index (κ2) is 4.93. The lowest BCUT2D eigenvalue weighted by Gasteiger charge is -2.09. The topological polar surface area (TPSA) is 78.0 Å². The summed E-state index contributed by atoms with van der Waals surface area (Å²) in [6, 6.07) is 0. The Morgan fingerprint density at radius 2 is 2.27 bits per heavy atom. The molecular formula is C10H17N3O2. The number of hydrogen-bond acceptors (Lipinski definition) is 3. The minimum Gasteiger partial charge on any atom is -0.396 e. The smallest absolute Gasteiger partial charge is 0.255 e. The summed E-state index contributed by atoms with van der Waals surface area (Å²) in [6.07, 6.45) is 0. The Morgan fingerprint density at radius 1 is 1.60 bits per heavy atom. The Morgan fingerprint density at radius 3 is 2.73 bits per heavy atom. The van der Waals surface area contributed by atoms with Crippen LogP contribution in [0.25, 0.3) is 0 Å². The first-order valence-electron chi connectivity index (χ1n) is 4.96. The molecule has 1 unspecified atom stereocenters. The van der Waals surface area contributed by atoms with Gasteiger partial charge in [-0.3, -0.25) is 9.89 Å². The Kier molecular flexibility index (Phi) is 3.85. The average Bonchev–Trinajstić information content (AvgIpc) is 2.54. The molecule has 0 bridgehead atoms. The first-order chi connectivity index (χ1) is 7.06. The van der Waals surface area contributed by atoms with E-state index in [4.69, 9.17) is 5.11 Å². The minimum absolute atomic E-state index is 0.0708. The highest BCUT2D eigenvalue weighted by Crippen LogP contribution is 2.08. The second-order valence-corrected chi connectivity index (χ2v) is 3.81. The van der Waals surface area contributed by atoms with Crippen molar-refractivity contribution in [3.05, 3.63) is 17.0 Å². The predicted molar refractivity (Wildman–Crippen MR) is 56.6 cm³/mol. The molecule has 0 aliphatic rings. The van der Waals surface area contributed by atoms with Gasteiger partial charge in [-0.05, 0) is 19.8 Å². The minimum atomic E-state index is -0.140. The highest BCUT2D eigenvalue weighted by atomic mass is 16.3. The molecule has 1 rings (SSSR count). The van der Waals surface area contributed by atoms with Crippen molar-refractivity contribution < 1.29 is 9.90 Å². The number of rotatable bonds is 4. The van der Waals surface area contributed by atoms with Gasteiger partial charge < -0.3 is 10.4 Å². The summed E-state index contributed by atoms with van der Waals surface area (Å²) in [6.45, 7) is 6.01. The van der Waals surface area contributed by atoms with Crippen LogP contribution in [-0.2, 0) is 0 Å². The quantitative estimate of drug-likeness (QED) is 0.674. The highest BCUT2D eigenvalue weighted by molar-refractivity contribution is 5.96. The van der Waals surface area contributed by atoms with Gasteiger partial charge in [0, 0.05) is 18.8 Å². The largest absolute Gasteiger partial charge is 0.396 e. The van der Waals surface area contributed by atoms with Crippen LogP contribution in [0, 0.1) is 19.8 Å². The van der Waals surface area contributed by atoms with Gasteiger partial charge in [0.25, 0.3) is 5.91 Å². The van der Waals surface area contributed by atoms with Crippen LogP contribution >= 0.6 is 0 Å². The maximum Gasteiger partial charge on any atom is 0.255 e. The third-order valence-corrected chi connectivity index (χ3v) is 2.28. The predicted octanol–water partition coefficient (Wildman–Crippen LogP) is 0.385. The van der Waals surface area contributed by atoms with Crippen molar-refractivity contribution in [3.63, 3.8) is 0 Å². The van der Waals surface area contributed by atoms with Crippen molar-refractivity contribution in [2.75, 3.05) is 13.2 Å². The van der Waals surface area contributed by atoms with Crippen LogP contribution < -0.4 is 5.32 Å². The zero-order valence-corrected chi connectivity index (χ0v) is 9.29. The van der Waals surface area contributed by atoms with E-state index in [1.165, 1.54) is 0 Å². The van der Waals surface area contributed by atoms with Crippen LogP contribution in [0.4, 0.5) is 0 Å². The van der Waals surface area contributed by atoms with Crippen LogP contribution in [0.2, 0.25) is 0 Å². The SMILES string of the molecule is Cc1n[nH]c(C)c1C(=O)NCC(C)CO. The zero-order chi connectivity index (χ0) is 11.4. The lowest BCUT2D eigenvalue weighted by molar-refractivity contribution is 0.0941. The molecule has 3 N–H and O–H groups in total. The van der Waals surface area contributed by atoms with E-state index < -0.39 is 0 Å². The van der Waals surface area contributed by atoms with Crippen LogP contribution in [-0.4, -0.2) is 34.4 Å². The molecular weight excluding hydrogens is 194 g/mol. The molecule has 0 spiro atoms. The number of aliphatic hydroxyl groups is 1. The third kappa shape index (κ3) is 2.79. The van der Waals surface area contributed by atoms with Crippen molar-refractivity contribution in [1.29, 1.82) is 0 Å². The highest BCUT2D eigenvalue weighted by Gasteiger charge is 2.15. The number of aromatic nitrogens is 2. The fourth-order valence-corrected chi connectivity index (χ4v) is 1.31. The Hall–Kier alpha value is -1.36. The van der Waals surface area contributed by atoms with E-state index in [-0.39, 0.29) is 18.4 Å². The lowest BCUT2D eigenvalue weighted by atomic mass is 10.1. The number of carbonyl (C=O) groups is 1. The lowest BCUT2D eigenvalue weighted by Crippen LogP contribution is -2.30. The van der Waals surface area contributed by atoms with Crippen LogP contribution in [0.15, 0.2) is 0 Å². The average molecular weight is 211 g/mol.